The smallest absolute Gasteiger partial charge is 0.339 e. The third-order valence-electron chi connectivity index (χ3n) is 4.19. The number of hydrogen-bond donors (Lipinski definition) is 4. The molecule has 0 radical (unpaired) electrons. The summed E-state index contributed by atoms with van der Waals surface area (Å²) in [6, 6.07) is 19.3. The summed E-state index contributed by atoms with van der Waals surface area (Å²) in [7, 11) is 0. The highest BCUT2D eigenvalue weighted by molar-refractivity contribution is 6.05. The van der Waals surface area contributed by atoms with Crippen molar-refractivity contribution in [2.45, 2.75) is 6.54 Å². The van der Waals surface area contributed by atoms with Crippen LogP contribution in [0.15, 0.2) is 72.8 Å². The number of carbonyl (C=O) groups is 3. The molecule has 0 aliphatic rings. The molecule has 0 aliphatic carbocycles. The molecular formula is C22H18N2O5. The maximum Gasteiger partial charge on any atom is 0.339 e. The third kappa shape index (κ3) is 4.98. The standard InChI is InChI=1S/C22H18N2O5/c25-19-11-10-17(12-18(19)22(28)29)24-21(27)16-8-6-14(7-9-16)13-23-20(26)15-4-2-1-3-5-15/h1-12,25H,13H2,(H,23,26)(H,24,27)(H,28,29). The highest BCUT2D eigenvalue weighted by atomic mass is 16.4. The average Bonchev–Trinajstić information content (AvgIpc) is 2.74. The normalized spacial score (nSPS) is 10.2. The number of carbonyl (C=O) groups excluding carboxylic acids is 2. The number of carboxylic acid groups (broad SMARTS) is 1. The van der Waals surface area contributed by atoms with Crippen LogP contribution in [0.25, 0.3) is 0 Å². The average molecular weight is 390 g/mol. The third-order valence-corrected chi connectivity index (χ3v) is 4.19. The maximum absolute atomic E-state index is 12.4. The van der Waals surface area contributed by atoms with Crippen LogP contribution in [0.1, 0.15) is 36.6 Å². The van der Waals surface area contributed by atoms with Gasteiger partial charge in [-0.15, -0.1) is 0 Å². The lowest BCUT2D eigenvalue weighted by Gasteiger charge is -2.09. The molecule has 7 heteroatoms. The maximum atomic E-state index is 12.4. The van der Waals surface area contributed by atoms with Crippen LogP contribution in [0.3, 0.4) is 0 Å². The summed E-state index contributed by atoms with van der Waals surface area (Å²) in [6.45, 7) is 0.315. The van der Waals surface area contributed by atoms with Gasteiger partial charge in [0.2, 0.25) is 0 Å². The topological polar surface area (TPSA) is 116 Å². The molecule has 7 nitrogen and oxygen atoms in total. The molecule has 0 aromatic heterocycles. The van der Waals surface area contributed by atoms with Crippen molar-refractivity contribution in [1.82, 2.24) is 5.32 Å². The monoisotopic (exact) mass is 390 g/mol. The fraction of sp³-hybridized carbons (Fsp3) is 0.0455. The Labute approximate surface area is 166 Å². The molecule has 4 N–H and O–H groups in total. The summed E-state index contributed by atoms with van der Waals surface area (Å²) in [5.74, 6) is -2.28. The van der Waals surface area contributed by atoms with E-state index in [0.29, 0.717) is 17.7 Å². The van der Waals surface area contributed by atoms with Crippen LogP contribution in [-0.4, -0.2) is 28.0 Å². The molecule has 29 heavy (non-hydrogen) atoms. The molecule has 0 aliphatic heterocycles. The van der Waals surface area contributed by atoms with Crippen LogP contribution < -0.4 is 10.6 Å². The van der Waals surface area contributed by atoms with Gasteiger partial charge in [-0.2, -0.15) is 0 Å². The van der Waals surface area contributed by atoms with Crippen molar-refractivity contribution in [3.05, 3.63) is 95.1 Å². The van der Waals surface area contributed by atoms with E-state index in [1.807, 2.05) is 6.07 Å². The number of anilines is 1. The number of carboxylic acids is 1. The van der Waals surface area contributed by atoms with Gasteiger partial charge >= 0.3 is 5.97 Å². The van der Waals surface area contributed by atoms with Crippen LogP contribution in [0.2, 0.25) is 0 Å². The minimum Gasteiger partial charge on any atom is -0.507 e. The molecule has 0 unspecified atom stereocenters. The molecule has 0 spiro atoms. The first-order valence-electron chi connectivity index (χ1n) is 8.74. The lowest BCUT2D eigenvalue weighted by atomic mass is 10.1. The number of hydrogen-bond acceptors (Lipinski definition) is 4. The zero-order chi connectivity index (χ0) is 20.8. The predicted octanol–water partition coefficient (Wildman–Crippen LogP) is 3.27. The number of aromatic carboxylic acids is 1. The van der Waals surface area contributed by atoms with Gasteiger partial charge in [0.1, 0.15) is 11.3 Å². The van der Waals surface area contributed by atoms with Gasteiger partial charge in [-0.25, -0.2) is 4.79 Å². The molecular weight excluding hydrogens is 372 g/mol. The van der Waals surface area contributed by atoms with E-state index in [1.165, 1.54) is 18.2 Å². The quantitative estimate of drug-likeness (QED) is 0.482. The zero-order valence-corrected chi connectivity index (χ0v) is 15.3. The summed E-state index contributed by atoms with van der Waals surface area (Å²) in [4.78, 5) is 35.5. The van der Waals surface area contributed by atoms with Crippen LogP contribution in [-0.2, 0) is 6.54 Å². The minimum absolute atomic E-state index is 0.186. The van der Waals surface area contributed by atoms with E-state index in [2.05, 4.69) is 10.6 Å². The Morgan fingerprint density at radius 3 is 2.10 bits per heavy atom. The fourth-order valence-electron chi connectivity index (χ4n) is 2.64. The van der Waals surface area contributed by atoms with Crippen molar-refractivity contribution in [2.24, 2.45) is 0 Å². The molecule has 3 aromatic rings. The van der Waals surface area contributed by atoms with Gasteiger partial charge in [-0.05, 0) is 48.0 Å². The Morgan fingerprint density at radius 2 is 1.45 bits per heavy atom. The van der Waals surface area contributed by atoms with Crippen molar-refractivity contribution in [2.75, 3.05) is 5.32 Å². The molecule has 0 bridgehead atoms. The predicted molar refractivity (Wildman–Crippen MR) is 107 cm³/mol. The molecule has 0 saturated carbocycles. The van der Waals surface area contributed by atoms with E-state index in [4.69, 9.17) is 5.11 Å². The largest absolute Gasteiger partial charge is 0.507 e. The molecule has 3 rings (SSSR count). The van der Waals surface area contributed by atoms with Crippen LogP contribution in [0, 0.1) is 0 Å². The number of benzene rings is 3. The number of rotatable bonds is 6. The SMILES string of the molecule is O=C(NCc1ccc(C(=O)Nc2ccc(O)c(C(=O)O)c2)cc1)c1ccccc1. The number of phenols is 1. The summed E-state index contributed by atoms with van der Waals surface area (Å²) in [5.41, 5.74) is 1.71. The molecule has 3 aromatic carbocycles. The Kier molecular flexibility index (Phi) is 5.89. The van der Waals surface area contributed by atoms with Gasteiger partial charge in [-0.1, -0.05) is 30.3 Å². The lowest BCUT2D eigenvalue weighted by Crippen LogP contribution is -2.22. The highest BCUT2D eigenvalue weighted by Crippen LogP contribution is 2.22. The van der Waals surface area contributed by atoms with Crippen LogP contribution >= 0.6 is 0 Å². The van der Waals surface area contributed by atoms with Crippen LogP contribution in [0.5, 0.6) is 5.75 Å². The van der Waals surface area contributed by atoms with E-state index < -0.39 is 11.9 Å². The van der Waals surface area contributed by atoms with Gasteiger partial charge < -0.3 is 20.8 Å². The Hall–Kier alpha value is -4.13. The van der Waals surface area contributed by atoms with Gasteiger partial charge in [0.15, 0.2) is 0 Å². The van der Waals surface area contributed by atoms with Gasteiger partial charge in [0.25, 0.3) is 11.8 Å². The first-order valence-corrected chi connectivity index (χ1v) is 8.74. The Morgan fingerprint density at radius 1 is 0.793 bits per heavy atom. The number of aromatic hydroxyl groups is 1. The van der Waals surface area contributed by atoms with E-state index in [-0.39, 0.29) is 22.9 Å². The first kappa shape index (κ1) is 19.6. The summed E-state index contributed by atoms with van der Waals surface area (Å²) in [6.07, 6.45) is 0. The van der Waals surface area contributed by atoms with E-state index in [0.717, 1.165) is 5.56 Å². The second-order valence-electron chi connectivity index (χ2n) is 6.24. The van der Waals surface area contributed by atoms with Crippen molar-refractivity contribution in [3.8, 4) is 5.75 Å². The second-order valence-corrected chi connectivity index (χ2v) is 6.24. The molecule has 0 fully saturated rings. The highest BCUT2D eigenvalue weighted by Gasteiger charge is 2.12. The molecule has 0 atom stereocenters. The molecule has 0 saturated heterocycles. The fourth-order valence-corrected chi connectivity index (χ4v) is 2.64. The van der Waals surface area contributed by atoms with E-state index in [9.17, 15) is 19.5 Å². The van der Waals surface area contributed by atoms with Gasteiger partial charge in [0.05, 0.1) is 0 Å². The van der Waals surface area contributed by atoms with E-state index in [1.54, 1.807) is 48.5 Å². The summed E-state index contributed by atoms with van der Waals surface area (Å²) in [5, 5.41) is 24.0. The minimum atomic E-state index is -1.29. The number of nitrogens with one attached hydrogen (secondary N) is 2. The van der Waals surface area contributed by atoms with Gasteiger partial charge in [-0.3, -0.25) is 9.59 Å². The Balaban J connectivity index is 1.61. The first-order chi connectivity index (χ1) is 13.9. The molecule has 2 amide bonds. The zero-order valence-electron chi connectivity index (χ0n) is 15.3. The second kappa shape index (κ2) is 8.71. The Bertz CT molecular complexity index is 1050. The van der Waals surface area contributed by atoms with Crippen molar-refractivity contribution >= 4 is 23.5 Å². The molecule has 146 valence electrons. The van der Waals surface area contributed by atoms with Crippen molar-refractivity contribution in [1.29, 1.82) is 0 Å². The van der Waals surface area contributed by atoms with Crippen molar-refractivity contribution in [3.63, 3.8) is 0 Å². The van der Waals surface area contributed by atoms with Gasteiger partial charge in [0, 0.05) is 23.4 Å². The number of amides is 2. The summed E-state index contributed by atoms with van der Waals surface area (Å²) >= 11 is 0. The lowest BCUT2D eigenvalue weighted by molar-refractivity contribution is 0.0693. The van der Waals surface area contributed by atoms with E-state index >= 15 is 0 Å². The molecule has 0 heterocycles. The summed E-state index contributed by atoms with van der Waals surface area (Å²) < 4.78 is 0. The van der Waals surface area contributed by atoms with Crippen LogP contribution in [0.4, 0.5) is 5.69 Å². The van der Waals surface area contributed by atoms with Crippen molar-refractivity contribution < 1.29 is 24.6 Å².